The number of nitrogens with zero attached hydrogens (tertiary/aromatic N) is 1. The van der Waals surface area contributed by atoms with E-state index in [-0.39, 0.29) is 0 Å². The number of aliphatic hydroxyl groups is 1. The van der Waals surface area contributed by atoms with Gasteiger partial charge in [-0.15, -0.1) is 0 Å². The Bertz CT molecular complexity index is 663. The van der Waals surface area contributed by atoms with Gasteiger partial charge in [-0.25, -0.2) is 0 Å². The second kappa shape index (κ2) is 4.83. The van der Waals surface area contributed by atoms with Crippen LogP contribution in [0.25, 0.3) is 11.1 Å². The third kappa shape index (κ3) is 2.30. The summed E-state index contributed by atoms with van der Waals surface area (Å²) < 4.78 is 11.2. The van der Waals surface area contributed by atoms with E-state index in [1.165, 1.54) is 0 Å². The fourth-order valence-corrected chi connectivity index (χ4v) is 2.61. The molecule has 108 valence electrons. The van der Waals surface area contributed by atoms with Gasteiger partial charge in [-0.3, -0.25) is 4.98 Å². The summed E-state index contributed by atoms with van der Waals surface area (Å²) in [4.78, 5) is 4.17. The van der Waals surface area contributed by atoms with Crippen LogP contribution in [-0.4, -0.2) is 29.4 Å². The molecule has 2 fully saturated rings. The van der Waals surface area contributed by atoms with Crippen molar-refractivity contribution < 1.29 is 14.6 Å². The minimum atomic E-state index is -0.934. The van der Waals surface area contributed by atoms with Crippen LogP contribution >= 0.6 is 0 Å². The molecule has 1 aliphatic heterocycles. The minimum absolute atomic E-state index is 0.317. The molecule has 1 aliphatic carbocycles. The Morgan fingerprint density at radius 1 is 1.14 bits per heavy atom. The van der Waals surface area contributed by atoms with E-state index in [1.54, 1.807) is 12.4 Å². The lowest BCUT2D eigenvalue weighted by molar-refractivity contribution is -0.184. The van der Waals surface area contributed by atoms with Crippen molar-refractivity contribution in [1.82, 2.24) is 4.98 Å². The molecule has 0 radical (unpaired) electrons. The lowest BCUT2D eigenvalue weighted by Crippen LogP contribution is -2.46. The summed E-state index contributed by atoms with van der Waals surface area (Å²) in [6.07, 6.45) is 6.05. The number of hydrogen-bond acceptors (Lipinski definition) is 4. The third-order valence-electron chi connectivity index (χ3n) is 4.00. The van der Waals surface area contributed by atoms with Gasteiger partial charge in [-0.05, 0) is 30.5 Å². The fraction of sp³-hybridized carbons (Fsp3) is 0.353. The highest BCUT2D eigenvalue weighted by Gasteiger charge is 2.40. The van der Waals surface area contributed by atoms with Gasteiger partial charge in [0.15, 0.2) is 0 Å². The van der Waals surface area contributed by atoms with Crippen LogP contribution in [0.4, 0.5) is 0 Å². The molecule has 2 heterocycles. The van der Waals surface area contributed by atoms with Gasteiger partial charge in [0.25, 0.3) is 0 Å². The molecule has 1 aromatic heterocycles. The van der Waals surface area contributed by atoms with Crippen LogP contribution < -0.4 is 4.74 Å². The van der Waals surface area contributed by atoms with E-state index in [0.29, 0.717) is 19.3 Å². The zero-order chi connectivity index (χ0) is 14.3. The Balaban J connectivity index is 1.79. The van der Waals surface area contributed by atoms with Gasteiger partial charge >= 0.3 is 0 Å². The lowest BCUT2D eigenvalue weighted by atomic mass is 9.87. The molecule has 4 heteroatoms. The number of para-hydroxylation sites is 1. The number of pyridine rings is 1. The van der Waals surface area contributed by atoms with Crippen LogP contribution in [0.15, 0.2) is 42.7 Å². The largest absolute Gasteiger partial charge is 0.490 e. The van der Waals surface area contributed by atoms with Gasteiger partial charge < -0.3 is 14.6 Å². The molecule has 1 N–H and O–H groups in total. The number of benzene rings is 1. The first kappa shape index (κ1) is 12.8. The summed E-state index contributed by atoms with van der Waals surface area (Å²) in [5.74, 6) is 0.872. The number of rotatable bonds is 4. The Morgan fingerprint density at radius 2 is 1.95 bits per heavy atom. The lowest BCUT2D eigenvalue weighted by Gasteiger charge is -2.37. The second-order valence-corrected chi connectivity index (χ2v) is 5.76. The van der Waals surface area contributed by atoms with Crippen molar-refractivity contribution in [2.24, 2.45) is 0 Å². The molecule has 0 atom stereocenters. The predicted octanol–water partition coefficient (Wildman–Crippen LogP) is 2.51. The Morgan fingerprint density at radius 3 is 2.67 bits per heavy atom. The quantitative estimate of drug-likeness (QED) is 0.936. The van der Waals surface area contributed by atoms with E-state index in [0.717, 1.165) is 35.3 Å². The average molecular weight is 283 g/mol. The van der Waals surface area contributed by atoms with Crippen LogP contribution in [0.5, 0.6) is 5.75 Å². The van der Waals surface area contributed by atoms with Crippen molar-refractivity contribution in [3.05, 3.63) is 48.3 Å². The van der Waals surface area contributed by atoms with E-state index >= 15 is 0 Å². The topological polar surface area (TPSA) is 51.6 Å². The molecule has 1 saturated carbocycles. The zero-order valence-electron chi connectivity index (χ0n) is 11.7. The Hall–Kier alpha value is -1.91. The van der Waals surface area contributed by atoms with Crippen LogP contribution in [0, 0.1) is 0 Å². The van der Waals surface area contributed by atoms with Crippen molar-refractivity contribution in [3.63, 3.8) is 0 Å². The molecule has 1 saturated heterocycles. The summed E-state index contributed by atoms with van der Waals surface area (Å²) in [5.41, 5.74) is 1.84. The molecular weight excluding hydrogens is 266 g/mol. The van der Waals surface area contributed by atoms with E-state index in [9.17, 15) is 5.11 Å². The third-order valence-corrected chi connectivity index (χ3v) is 4.00. The highest BCUT2D eigenvalue weighted by molar-refractivity contribution is 5.74. The monoisotopic (exact) mass is 283 g/mol. The number of aromatic nitrogens is 1. The maximum Gasteiger partial charge on any atom is 0.138 e. The molecule has 0 unspecified atom stereocenters. The maximum absolute atomic E-state index is 10.6. The fourth-order valence-electron chi connectivity index (χ4n) is 2.61. The predicted molar refractivity (Wildman–Crippen MR) is 78.0 cm³/mol. The first-order valence-electron chi connectivity index (χ1n) is 7.27. The van der Waals surface area contributed by atoms with E-state index < -0.39 is 5.60 Å². The van der Waals surface area contributed by atoms with Gasteiger partial charge in [0, 0.05) is 23.5 Å². The first-order chi connectivity index (χ1) is 10.3. The zero-order valence-corrected chi connectivity index (χ0v) is 11.7. The summed E-state index contributed by atoms with van der Waals surface area (Å²) >= 11 is 0. The average Bonchev–Trinajstić information content (AvgIpc) is 3.29. The molecule has 0 bridgehead atoms. The minimum Gasteiger partial charge on any atom is -0.490 e. The molecule has 0 amide bonds. The molecule has 0 spiro atoms. The number of hydrogen-bond donors (Lipinski definition) is 1. The molecule has 1 aromatic carbocycles. The smallest absolute Gasteiger partial charge is 0.138 e. The molecular formula is C17H17NO3. The first-order valence-corrected chi connectivity index (χ1v) is 7.27. The van der Waals surface area contributed by atoms with Gasteiger partial charge in [0.1, 0.15) is 11.4 Å². The SMILES string of the molecule is OC1(c2cnccc2-c2ccccc2OC2CC2)COC1. The van der Waals surface area contributed by atoms with Crippen LogP contribution in [-0.2, 0) is 10.3 Å². The highest BCUT2D eigenvalue weighted by Crippen LogP contribution is 2.40. The Kier molecular flexibility index (Phi) is 2.94. The molecule has 4 nitrogen and oxygen atoms in total. The van der Waals surface area contributed by atoms with E-state index in [4.69, 9.17) is 9.47 Å². The van der Waals surface area contributed by atoms with Crippen LogP contribution in [0.2, 0.25) is 0 Å². The maximum atomic E-state index is 10.6. The van der Waals surface area contributed by atoms with E-state index in [1.807, 2.05) is 30.3 Å². The van der Waals surface area contributed by atoms with Crippen LogP contribution in [0.1, 0.15) is 18.4 Å². The molecule has 2 aromatic rings. The standard InChI is InChI=1S/C17H17NO3/c19-17(10-20-11-17)15-9-18-8-7-13(15)14-3-1-2-4-16(14)21-12-5-6-12/h1-4,7-9,12,19H,5-6,10-11H2. The van der Waals surface area contributed by atoms with E-state index in [2.05, 4.69) is 4.98 Å². The van der Waals surface area contributed by atoms with Gasteiger partial charge in [0.2, 0.25) is 0 Å². The molecule has 21 heavy (non-hydrogen) atoms. The summed E-state index contributed by atoms with van der Waals surface area (Å²) in [6.45, 7) is 0.634. The second-order valence-electron chi connectivity index (χ2n) is 5.76. The Labute approximate surface area is 123 Å². The van der Waals surface area contributed by atoms with Gasteiger partial charge in [-0.2, -0.15) is 0 Å². The highest BCUT2D eigenvalue weighted by atomic mass is 16.5. The summed E-state index contributed by atoms with van der Waals surface area (Å²) in [7, 11) is 0. The number of ether oxygens (including phenoxy) is 2. The summed E-state index contributed by atoms with van der Waals surface area (Å²) in [5, 5.41) is 10.6. The van der Waals surface area contributed by atoms with Crippen molar-refractivity contribution in [1.29, 1.82) is 0 Å². The van der Waals surface area contributed by atoms with Crippen molar-refractivity contribution in [3.8, 4) is 16.9 Å². The van der Waals surface area contributed by atoms with Crippen molar-refractivity contribution in [2.75, 3.05) is 13.2 Å². The van der Waals surface area contributed by atoms with Gasteiger partial charge in [-0.1, -0.05) is 18.2 Å². The molecule has 4 rings (SSSR count). The molecule has 2 aliphatic rings. The van der Waals surface area contributed by atoms with Gasteiger partial charge in [0.05, 0.1) is 19.3 Å². The van der Waals surface area contributed by atoms with Crippen molar-refractivity contribution in [2.45, 2.75) is 24.5 Å². The van der Waals surface area contributed by atoms with Crippen molar-refractivity contribution >= 4 is 0 Å². The summed E-state index contributed by atoms with van der Waals surface area (Å²) in [6, 6.07) is 9.91. The normalized spacial score (nSPS) is 19.9. The van der Waals surface area contributed by atoms with Crippen LogP contribution in [0.3, 0.4) is 0 Å².